The predicted octanol–water partition coefficient (Wildman–Crippen LogP) is 3.56. The van der Waals surface area contributed by atoms with Crippen LogP contribution in [0.2, 0.25) is 0 Å². The fraction of sp³-hybridized carbons (Fsp3) is 0.300. The van der Waals surface area contributed by atoms with Gasteiger partial charge in [-0.15, -0.1) is 0 Å². The average Bonchev–Trinajstić information content (AvgIpc) is 3.39. The number of amides is 3. The van der Waals surface area contributed by atoms with Crippen LogP contribution in [-0.4, -0.2) is 11.9 Å². The van der Waals surface area contributed by atoms with E-state index in [0.29, 0.717) is 18.8 Å². The molecule has 0 spiro atoms. The highest BCUT2D eigenvalue weighted by Gasteiger charge is 2.44. The van der Waals surface area contributed by atoms with E-state index in [1.165, 1.54) is 12.1 Å². The Bertz CT molecular complexity index is 784. The molecule has 0 aliphatic heterocycles. The second kappa shape index (κ2) is 7.56. The first kappa shape index (κ1) is 17.9. The number of benzene rings is 2. The van der Waals surface area contributed by atoms with E-state index in [2.05, 4.69) is 16.0 Å². The third kappa shape index (κ3) is 4.81. The van der Waals surface area contributed by atoms with Gasteiger partial charge in [0, 0.05) is 24.2 Å². The summed E-state index contributed by atoms with van der Waals surface area (Å²) in [4.78, 5) is 23.8. The van der Waals surface area contributed by atoms with E-state index in [9.17, 15) is 14.0 Å². The van der Waals surface area contributed by atoms with Gasteiger partial charge in [-0.05, 0) is 48.2 Å². The van der Waals surface area contributed by atoms with E-state index < -0.39 is 0 Å². The summed E-state index contributed by atoms with van der Waals surface area (Å²) in [6.07, 6.45) is 1.91. The Morgan fingerprint density at radius 3 is 2.04 bits per heavy atom. The molecule has 1 saturated carbocycles. The van der Waals surface area contributed by atoms with Crippen LogP contribution in [0.5, 0.6) is 0 Å². The molecule has 0 atom stereocenters. The maximum absolute atomic E-state index is 12.8. The van der Waals surface area contributed by atoms with Crippen LogP contribution in [-0.2, 0) is 17.9 Å². The number of hydrogen-bond acceptors (Lipinski definition) is 2. The molecule has 3 rings (SSSR count). The van der Waals surface area contributed by atoms with Gasteiger partial charge in [0.25, 0.3) is 0 Å². The fourth-order valence-corrected chi connectivity index (χ4v) is 2.48. The minimum atomic E-state index is -0.336. The number of carbonyl (C=O) groups is 2. The van der Waals surface area contributed by atoms with Crippen LogP contribution in [0.1, 0.15) is 30.9 Å². The number of nitrogens with one attached hydrogen (secondary N) is 3. The lowest BCUT2D eigenvalue weighted by molar-refractivity contribution is -0.125. The smallest absolute Gasteiger partial charge is 0.319 e. The quantitative estimate of drug-likeness (QED) is 0.741. The lowest BCUT2D eigenvalue weighted by Gasteiger charge is -2.11. The van der Waals surface area contributed by atoms with Gasteiger partial charge in [-0.2, -0.15) is 0 Å². The molecule has 0 saturated heterocycles. The van der Waals surface area contributed by atoms with E-state index in [-0.39, 0.29) is 23.2 Å². The number of anilines is 1. The molecule has 0 unspecified atom stereocenters. The predicted molar refractivity (Wildman–Crippen MR) is 97.9 cm³/mol. The first-order valence-electron chi connectivity index (χ1n) is 8.61. The van der Waals surface area contributed by atoms with Crippen molar-refractivity contribution in [2.24, 2.45) is 5.41 Å². The summed E-state index contributed by atoms with van der Waals surface area (Å²) in [5, 5.41) is 8.39. The molecule has 1 fully saturated rings. The van der Waals surface area contributed by atoms with Gasteiger partial charge >= 0.3 is 6.03 Å². The zero-order chi connectivity index (χ0) is 18.6. The molecule has 3 amide bonds. The highest BCUT2D eigenvalue weighted by molar-refractivity contribution is 5.89. The van der Waals surface area contributed by atoms with Crippen LogP contribution >= 0.6 is 0 Å². The first-order valence-corrected chi connectivity index (χ1v) is 8.61. The molecule has 136 valence electrons. The Morgan fingerprint density at radius 2 is 1.46 bits per heavy atom. The van der Waals surface area contributed by atoms with E-state index in [4.69, 9.17) is 0 Å². The molecule has 1 aliphatic rings. The third-order valence-corrected chi connectivity index (χ3v) is 4.58. The Morgan fingerprint density at radius 1 is 0.923 bits per heavy atom. The maximum atomic E-state index is 12.8. The summed E-state index contributed by atoms with van der Waals surface area (Å²) in [6.45, 7) is 2.76. The van der Waals surface area contributed by atoms with Gasteiger partial charge in [0.1, 0.15) is 5.82 Å². The van der Waals surface area contributed by atoms with Crippen molar-refractivity contribution in [2.45, 2.75) is 32.9 Å². The van der Waals surface area contributed by atoms with Crippen molar-refractivity contribution in [1.82, 2.24) is 10.6 Å². The summed E-state index contributed by atoms with van der Waals surface area (Å²) >= 11 is 0. The van der Waals surface area contributed by atoms with Crippen LogP contribution in [0.25, 0.3) is 0 Å². The summed E-state index contributed by atoms with van der Waals surface area (Å²) in [6, 6.07) is 12.9. The third-order valence-electron chi connectivity index (χ3n) is 4.58. The average molecular weight is 355 g/mol. The highest BCUT2D eigenvalue weighted by atomic mass is 19.1. The van der Waals surface area contributed by atoms with Gasteiger partial charge in [0.05, 0.1) is 0 Å². The van der Waals surface area contributed by atoms with Crippen LogP contribution in [0, 0.1) is 11.2 Å². The Hall–Kier alpha value is -2.89. The standard InChI is InChI=1S/C20H22FN3O2/c1-20(10-11-20)18(25)22-12-15-4-8-17(9-5-15)24-19(26)23-13-14-2-6-16(21)7-3-14/h2-9H,10-13H2,1H3,(H,22,25)(H2,23,24,26). The summed E-state index contributed by atoms with van der Waals surface area (Å²) in [5.41, 5.74) is 2.27. The summed E-state index contributed by atoms with van der Waals surface area (Å²) in [7, 11) is 0. The zero-order valence-electron chi connectivity index (χ0n) is 14.6. The van der Waals surface area contributed by atoms with Crippen molar-refractivity contribution in [3.05, 3.63) is 65.5 Å². The second-order valence-corrected chi connectivity index (χ2v) is 6.87. The number of hydrogen-bond donors (Lipinski definition) is 3. The number of rotatable bonds is 6. The van der Waals surface area contributed by atoms with E-state index in [1.54, 1.807) is 24.3 Å². The van der Waals surface area contributed by atoms with Crippen molar-refractivity contribution < 1.29 is 14.0 Å². The van der Waals surface area contributed by atoms with E-state index in [1.807, 2.05) is 19.1 Å². The van der Waals surface area contributed by atoms with Gasteiger partial charge in [0.2, 0.25) is 5.91 Å². The van der Waals surface area contributed by atoms with Crippen molar-refractivity contribution >= 4 is 17.6 Å². The summed E-state index contributed by atoms with van der Waals surface area (Å²) in [5.74, 6) is -0.208. The number of carbonyl (C=O) groups excluding carboxylic acids is 2. The second-order valence-electron chi connectivity index (χ2n) is 6.87. The van der Waals surface area contributed by atoms with Gasteiger partial charge < -0.3 is 16.0 Å². The van der Waals surface area contributed by atoms with Gasteiger partial charge in [-0.3, -0.25) is 4.79 Å². The van der Waals surface area contributed by atoms with Crippen LogP contribution in [0.3, 0.4) is 0 Å². The SMILES string of the molecule is CC1(C(=O)NCc2ccc(NC(=O)NCc3ccc(F)cc3)cc2)CC1. The minimum Gasteiger partial charge on any atom is -0.352 e. The fourth-order valence-electron chi connectivity index (χ4n) is 2.48. The van der Waals surface area contributed by atoms with Crippen LogP contribution < -0.4 is 16.0 Å². The van der Waals surface area contributed by atoms with Gasteiger partial charge in [-0.25, -0.2) is 9.18 Å². The van der Waals surface area contributed by atoms with E-state index in [0.717, 1.165) is 24.0 Å². The lowest BCUT2D eigenvalue weighted by atomic mass is 10.1. The molecule has 0 radical (unpaired) electrons. The normalized spacial score (nSPS) is 14.4. The minimum absolute atomic E-state index is 0.0971. The molecular formula is C20H22FN3O2. The summed E-state index contributed by atoms with van der Waals surface area (Å²) < 4.78 is 12.8. The number of urea groups is 1. The van der Waals surface area contributed by atoms with Crippen molar-refractivity contribution in [3.8, 4) is 0 Å². The molecule has 0 bridgehead atoms. The topological polar surface area (TPSA) is 70.2 Å². The molecule has 1 aliphatic carbocycles. The molecule has 5 nitrogen and oxygen atoms in total. The van der Waals surface area contributed by atoms with Gasteiger partial charge in [-0.1, -0.05) is 31.2 Å². The molecular weight excluding hydrogens is 333 g/mol. The number of halogens is 1. The van der Waals surface area contributed by atoms with E-state index >= 15 is 0 Å². The van der Waals surface area contributed by atoms with Crippen LogP contribution in [0.4, 0.5) is 14.9 Å². The Labute approximate surface area is 152 Å². The van der Waals surface area contributed by atoms with Crippen LogP contribution in [0.15, 0.2) is 48.5 Å². The van der Waals surface area contributed by atoms with Gasteiger partial charge in [0.15, 0.2) is 0 Å². The zero-order valence-corrected chi connectivity index (χ0v) is 14.6. The molecule has 0 aromatic heterocycles. The molecule has 26 heavy (non-hydrogen) atoms. The Balaban J connectivity index is 1.43. The molecule has 3 N–H and O–H groups in total. The van der Waals surface area contributed by atoms with Crippen molar-refractivity contribution in [3.63, 3.8) is 0 Å². The monoisotopic (exact) mass is 355 g/mol. The molecule has 6 heteroatoms. The molecule has 0 heterocycles. The largest absolute Gasteiger partial charge is 0.352 e. The highest BCUT2D eigenvalue weighted by Crippen LogP contribution is 2.45. The van der Waals surface area contributed by atoms with Crippen molar-refractivity contribution in [2.75, 3.05) is 5.32 Å². The molecule has 2 aromatic rings. The first-order chi connectivity index (χ1) is 12.4. The van der Waals surface area contributed by atoms with Crippen molar-refractivity contribution in [1.29, 1.82) is 0 Å². The Kier molecular flexibility index (Phi) is 5.21. The lowest BCUT2D eigenvalue weighted by Crippen LogP contribution is -2.29. The molecule has 2 aromatic carbocycles. The maximum Gasteiger partial charge on any atom is 0.319 e.